The van der Waals surface area contributed by atoms with Crippen LogP contribution in [0, 0.1) is 5.92 Å². The minimum atomic E-state index is -0.119. The quantitative estimate of drug-likeness (QED) is 0.761. The van der Waals surface area contributed by atoms with Gasteiger partial charge in [-0.25, -0.2) is 4.98 Å². The van der Waals surface area contributed by atoms with Crippen LogP contribution in [-0.2, 0) is 0 Å². The maximum Gasteiger partial charge on any atom is 0.265 e. The molecule has 2 rings (SSSR count). The van der Waals surface area contributed by atoms with Crippen LogP contribution in [0.1, 0.15) is 29.9 Å². The van der Waals surface area contributed by atoms with Crippen LogP contribution < -0.4 is 16.4 Å². The molecule has 112 valence electrons. The van der Waals surface area contributed by atoms with E-state index in [4.69, 9.17) is 5.73 Å². The maximum absolute atomic E-state index is 12.1. The smallest absolute Gasteiger partial charge is 0.265 e. The number of nitrogens with one attached hydrogen (secondary N) is 2. The number of nitrogens with zero attached hydrogens (tertiary/aromatic N) is 2. The first-order valence-corrected chi connectivity index (χ1v) is 7.77. The summed E-state index contributed by atoms with van der Waals surface area (Å²) in [4.78, 5) is 19.1. The van der Waals surface area contributed by atoms with E-state index < -0.39 is 0 Å². The molecule has 4 N–H and O–H groups in total. The van der Waals surface area contributed by atoms with Gasteiger partial charge in [-0.3, -0.25) is 4.79 Å². The SMILES string of the molecule is CC(C)Nc1nc(N)c(C(=O)NCC2CCN(C)C2)s1. The molecule has 2 heterocycles. The second kappa shape index (κ2) is 6.41. The van der Waals surface area contributed by atoms with Crippen molar-refractivity contribution < 1.29 is 4.79 Å². The van der Waals surface area contributed by atoms with Gasteiger partial charge in [0, 0.05) is 19.1 Å². The molecule has 1 atom stereocenters. The molecule has 1 aliphatic rings. The lowest BCUT2D eigenvalue weighted by Gasteiger charge is -2.11. The molecule has 1 fully saturated rings. The Hall–Kier alpha value is -1.34. The number of hydrogen-bond acceptors (Lipinski definition) is 6. The van der Waals surface area contributed by atoms with Crippen molar-refractivity contribution in [2.45, 2.75) is 26.3 Å². The third kappa shape index (κ3) is 3.83. The van der Waals surface area contributed by atoms with E-state index >= 15 is 0 Å². The number of aromatic nitrogens is 1. The number of carbonyl (C=O) groups excluding carboxylic acids is 1. The maximum atomic E-state index is 12.1. The minimum absolute atomic E-state index is 0.119. The predicted molar refractivity (Wildman–Crippen MR) is 83.2 cm³/mol. The molecule has 7 heteroatoms. The number of amides is 1. The van der Waals surface area contributed by atoms with E-state index in [-0.39, 0.29) is 11.9 Å². The van der Waals surface area contributed by atoms with Gasteiger partial charge in [0.05, 0.1) is 0 Å². The van der Waals surface area contributed by atoms with Crippen LogP contribution >= 0.6 is 11.3 Å². The Bertz CT molecular complexity index is 473. The average Bonchev–Trinajstić information content (AvgIpc) is 2.92. The number of thiazole rings is 1. The Morgan fingerprint density at radius 3 is 2.95 bits per heavy atom. The fraction of sp³-hybridized carbons (Fsp3) is 0.692. The van der Waals surface area contributed by atoms with Crippen LogP contribution in [0.25, 0.3) is 0 Å². The van der Waals surface area contributed by atoms with Crippen molar-refractivity contribution >= 4 is 28.2 Å². The van der Waals surface area contributed by atoms with Crippen molar-refractivity contribution in [3.8, 4) is 0 Å². The van der Waals surface area contributed by atoms with Crippen LogP contribution in [0.2, 0.25) is 0 Å². The molecule has 1 aromatic rings. The summed E-state index contributed by atoms with van der Waals surface area (Å²) >= 11 is 1.31. The summed E-state index contributed by atoms with van der Waals surface area (Å²) in [5.41, 5.74) is 5.81. The summed E-state index contributed by atoms with van der Waals surface area (Å²) in [7, 11) is 2.10. The van der Waals surface area contributed by atoms with Gasteiger partial charge in [-0.1, -0.05) is 11.3 Å². The van der Waals surface area contributed by atoms with Crippen molar-refractivity contribution in [1.82, 2.24) is 15.2 Å². The fourth-order valence-corrected chi connectivity index (χ4v) is 3.26. The zero-order chi connectivity index (χ0) is 14.7. The van der Waals surface area contributed by atoms with E-state index in [2.05, 4.69) is 27.6 Å². The normalized spacial score (nSPS) is 19.5. The molecule has 1 aliphatic heterocycles. The third-order valence-corrected chi connectivity index (χ3v) is 4.31. The van der Waals surface area contributed by atoms with Crippen molar-refractivity contribution in [2.24, 2.45) is 5.92 Å². The molecule has 6 nitrogen and oxygen atoms in total. The van der Waals surface area contributed by atoms with E-state index in [0.29, 0.717) is 28.3 Å². The van der Waals surface area contributed by atoms with E-state index in [1.807, 2.05) is 13.8 Å². The Morgan fingerprint density at radius 2 is 2.35 bits per heavy atom. The highest BCUT2D eigenvalue weighted by Gasteiger charge is 2.22. The highest BCUT2D eigenvalue weighted by Crippen LogP contribution is 2.25. The van der Waals surface area contributed by atoms with Gasteiger partial charge in [-0.2, -0.15) is 0 Å². The molecule has 1 unspecified atom stereocenters. The first-order valence-electron chi connectivity index (χ1n) is 6.95. The van der Waals surface area contributed by atoms with Crippen molar-refractivity contribution in [3.05, 3.63) is 4.88 Å². The number of rotatable bonds is 5. The lowest BCUT2D eigenvalue weighted by atomic mass is 10.1. The summed E-state index contributed by atoms with van der Waals surface area (Å²) in [6.07, 6.45) is 1.13. The Labute approximate surface area is 123 Å². The van der Waals surface area contributed by atoms with Gasteiger partial charge in [-0.05, 0) is 39.8 Å². The second-order valence-corrected chi connectivity index (χ2v) is 6.66. The summed E-state index contributed by atoms with van der Waals surface area (Å²) < 4.78 is 0. The van der Waals surface area contributed by atoms with Gasteiger partial charge in [0.2, 0.25) is 0 Å². The van der Waals surface area contributed by atoms with Gasteiger partial charge in [0.1, 0.15) is 10.7 Å². The van der Waals surface area contributed by atoms with Crippen molar-refractivity contribution in [3.63, 3.8) is 0 Å². The van der Waals surface area contributed by atoms with Crippen LogP contribution in [0.15, 0.2) is 0 Å². The number of carbonyl (C=O) groups is 1. The standard InChI is InChI=1S/C13H23N5OS/c1-8(2)16-13-17-11(14)10(20-13)12(19)15-6-9-4-5-18(3)7-9/h8-9H,4-7,14H2,1-3H3,(H,15,19)(H,16,17). The fourth-order valence-electron chi connectivity index (χ4n) is 2.31. The lowest BCUT2D eigenvalue weighted by Crippen LogP contribution is -2.30. The molecule has 20 heavy (non-hydrogen) atoms. The highest BCUT2D eigenvalue weighted by atomic mass is 32.1. The molecule has 0 aromatic carbocycles. The molecule has 1 saturated heterocycles. The summed E-state index contributed by atoms with van der Waals surface area (Å²) in [6.45, 7) is 6.89. The summed E-state index contributed by atoms with van der Waals surface area (Å²) in [5, 5.41) is 6.83. The molecule has 0 radical (unpaired) electrons. The third-order valence-electron chi connectivity index (χ3n) is 3.31. The number of likely N-dealkylation sites (tertiary alicyclic amines) is 1. The summed E-state index contributed by atoms with van der Waals surface area (Å²) in [6, 6.07) is 0.269. The zero-order valence-electron chi connectivity index (χ0n) is 12.3. The number of nitrogens with two attached hydrogens (primary N) is 1. The lowest BCUT2D eigenvalue weighted by molar-refractivity contribution is 0.0952. The first kappa shape index (κ1) is 15.1. The number of hydrogen-bond donors (Lipinski definition) is 3. The molecule has 0 bridgehead atoms. The molecule has 0 saturated carbocycles. The van der Waals surface area contributed by atoms with Crippen LogP contribution in [0.5, 0.6) is 0 Å². The zero-order valence-corrected chi connectivity index (χ0v) is 13.1. The van der Waals surface area contributed by atoms with E-state index in [9.17, 15) is 4.79 Å². The average molecular weight is 297 g/mol. The van der Waals surface area contributed by atoms with Crippen LogP contribution in [0.3, 0.4) is 0 Å². The summed E-state index contributed by atoms with van der Waals surface area (Å²) in [5.74, 6) is 0.719. The van der Waals surface area contributed by atoms with Gasteiger partial charge in [0.25, 0.3) is 5.91 Å². The van der Waals surface area contributed by atoms with Crippen LogP contribution in [0.4, 0.5) is 10.9 Å². The van der Waals surface area contributed by atoms with Gasteiger partial charge >= 0.3 is 0 Å². The first-order chi connectivity index (χ1) is 9.45. The Balaban J connectivity index is 1.90. The Kier molecular flexibility index (Phi) is 4.82. The molecule has 0 spiro atoms. The van der Waals surface area contributed by atoms with E-state index in [0.717, 1.165) is 19.5 Å². The molecular weight excluding hydrogens is 274 g/mol. The Morgan fingerprint density at radius 1 is 1.60 bits per heavy atom. The number of anilines is 2. The van der Waals surface area contributed by atoms with E-state index in [1.54, 1.807) is 0 Å². The second-order valence-electron chi connectivity index (χ2n) is 5.66. The highest BCUT2D eigenvalue weighted by molar-refractivity contribution is 7.18. The van der Waals surface area contributed by atoms with Crippen LogP contribution in [-0.4, -0.2) is 48.5 Å². The molecule has 1 amide bonds. The van der Waals surface area contributed by atoms with Gasteiger partial charge in [0.15, 0.2) is 5.13 Å². The predicted octanol–water partition coefficient (Wildman–Crippen LogP) is 1.23. The van der Waals surface area contributed by atoms with Crippen molar-refractivity contribution in [1.29, 1.82) is 0 Å². The molecule has 1 aromatic heterocycles. The largest absolute Gasteiger partial charge is 0.382 e. The minimum Gasteiger partial charge on any atom is -0.382 e. The van der Waals surface area contributed by atoms with E-state index in [1.165, 1.54) is 11.3 Å². The topological polar surface area (TPSA) is 83.3 Å². The van der Waals surface area contributed by atoms with Crippen molar-refractivity contribution in [2.75, 3.05) is 37.7 Å². The molecular formula is C13H23N5OS. The van der Waals surface area contributed by atoms with Gasteiger partial charge in [-0.15, -0.1) is 0 Å². The monoisotopic (exact) mass is 297 g/mol. The van der Waals surface area contributed by atoms with Gasteiger partial charge < -0.3 is 21.3 Å². The molecule has 0 aliphatic carbocycles. The number of nitrogen functional groups attached to an aromatic ring is 1.